The molecule has 0 atom stereocenters. The van der Waals surface area contributed by atoms with Crippen molar-refractivity contribution < 1.29 is 14.3 Å². The second-order valence-electron chi connectivity index (χ2n) is 6.68. The molecule has 0 spiro atoms. The van der Waals surface area contributed by atoms with Gasteiger partial charge in [0.05, 0.1) is 23.8 Å². The highest BCUT2D eigenvalue weighted by molar-refractivity contribution is 7.16. The van der Waals surface area contributed by atoms with Crippen LogP contribution in [-0.4, -0.2) is 55.2 Å². The van der Waals surface area contributed by atoms with E-state index in [1.807, 2.05) is 42.6 Å². The third kappa shape index (κ3) is 5.22. The fraction of sp³-hybridized carbons (Fsp3) is 0.333. The molecule has 1 fully saturated rings. The molecule has 1 aliphatic rings. The Balaban J connectivity index is 1.34. The van der Waals surface area contributed by atoms with E-state index in [1.165, 1.54) is 22.7 Å². The number of thiophene rings is 1. The van der Waals surface area contributed by atoms with E-state index in [9.17, 15) is 4.79 Å². The average molecular weight is 430 g/mol. The Bertz CT molecular complexity index is 933. The molecule has 8 heteroatoms. The summed E-state index contributed by atoms with van der Waals surface area (Å²) in [6.45, 7) is 7.13. The van der Waals surface area contributed by atoms with Gasteiger partial charge in [0, 0.05) is 30.1 Å². The Labute approximate surface area is 178 Å². The van der Waals surface area contributed by atoms with Crippen LogP contribution in [0.25, 0.3) is 11.3 Å². The Morgan fingerprint density at radius 1 is 1.24 bits per heavy atom. The third-order valence-electron chi connectivity index (χ3n) is 4.67. The van der Waals surface area contributed by atoms with Crippen molar-refractivity contribution in [2.24, 2.45) is 0 Å². The second-order valence-corrected chi connectivity index (χ2v) is 8.83. The first-order chi connectivity index (χ1) is 14.2. The van der Waals surface area contributed by atoms with Crippen molar-refractivity contribution in [2.75, 3.05) is 44.8 Å². The number of thiazole rings is 1. The number of aryl methyl sites for hydroxylation is 1. The standard InChI is InChI=1S/C21H23N3O3S2/c1-15-19(22-21(29-15)23-20(25)18-3-2-14-28-18)16-4-6-17(7-5-16)27-13-10-24-8-11-26-12-9-24/h2-7,14H,8-13H2,1H3,(H,22,23,25). The highest BCUT2D eigenvalue weighted by Gasteiger charge is 2.14. The van der Waals surface area contributed by atoms with Gasteiger partial charge in [-0.15, -0.1) is 22.7 Å². The van der Waals surface area contributed by atoms with Crippen molar-refractivity contribution in [3.8, 4) is 17.0 Å². The summed E-state index contributed by atoms with van der Waals surface area (Å²) in [4.78, 5) is 20.9. The lowest BCUT2D eigenvalue weighted by atomic mass is 10.1. The topological polar surface area (TPSA) is 63.7 Å². The van der Waals surface area contributed by atoms with Crippen LogP contribution in [0.3, 0.4) is 0 Å². The monoisotopic (exact) mass is 429 g/mol. The van der Waals surface area contributed by atoms with Crippen molar-refractivity contribution in [1.29, 1.82) is 0 Å². The van der Waals surface area contributed by atoms with E-state index in [4.69, 9.17) is 9.47 Å². The smallest absolute Gasteiger partial charge is 0.267 e. The Morgan fingerprint density at radius 2 is 2.03 bits per heavy atom. The van der Waals surface area contributed by atoms with E-state index < -0.39 is 0 Å². The highest BCUT2D eigenvalue weighted by atomic mass is 32.1. The normalized spacial score (nSPS) is 14.7. The van der Waals surface area contributed by atoms with Gasteiger partial charge in [0.15, 0.2) is 5.13 Å². The van der Waals surface area contributed by atoms with E-state index >= 15 is 0 Å². The number of hydrogen-bond donors (Lipinski definition) is 1. The lowest BCUT2D eigenvalue weighted by Gasteiger charge is -2.26. The van der Waals surface area contributed by atoms with Gasteiger partial charge in [-0.25, -0.2) is 4.98 Å². The summed E-state index contributed by atoms with van der Waals surface area (Å²) in [7, 11) is 0. The summed E-state index contributed by atoms with van der Waals surface area (Å²) in [6.07, 6.45) is 0. The van der Waals surface area contributed by atoms with Gasteiger partial charge in [-0.1, -0.05) is 6.07 Å². The fourth-order valence-electron chi connectivity index (χ4n) is 3.11. The summed E-state index contributed by atoms with van der Waals surface area (Å²) in [5, 5.41) is 5.39. The number of nitrogens with one attached hydrogen (secondary N) is 1. The number of hydrogen-bond acceptors (Lipinski definition) is 7. The maximum atomic E-state index is 12.2. The van der Waals surface area contributed by atoms with Crippen LogP contribution in [0.2, 0.25) is 0 Å². The van der Waals surface area contributed by atoms with Crippen molar-refractivity contribution in [2.45, 2.75) is 6.92 Å². The number of carbonyl (C=O) groups excluding carboxylic acids is 1. The predicted molar refractivity (Wildman–Crippen MR) is 117 cm³/mol. The summed E-state index contributed by atoms with van der Waals surface area (Å²) in [6, 6.07) is 11.6. The van der Waals surface area contributed by atoms with Gasteiger partial charge >= 0.3 is 0 Å². The first-order valence-corrected chi connectivity index (χ1v) is 11.2. The molecule has 1 N–H and O–H groups in total. The van der Waals surface area contributed by atoms with Gasteiger partial charge in [0.25, 0.3) is 5.91 Å². The van der Waals surface area contributed by atoms with Crippen molar-refractivity contribution in [3.63, 3.8) is 0 Å². The van der Waals surface area contributed by atoms with Crippen molar-refractivity contribution in [3.05, 3.63) is 51.5 Å². The molecule has 0 aliphatic carbocycles. The molecule has 3 aromatic rings. The van der Waals surface area contributed by atoms with Crippen LogP contribution < -0.4 is 10.1 Å². The molecule has 1 aliphatic heterocycles. The van der Waals surface area contributed by atoms with Crippen LogP contribution in [0.15, 0.2) is 41.8 Å². The lowest BCUT2D eigenvalue weighted by molar-refractivity contribution is 0.0322. The Morgan fingerprint density at radius 3 is 2.76 bits per heavy atom. The molecule has 6 nitrogen and oxygen atoms in total. The summed E-state index contributed by atoms with van der Waals surface area (Å²) >= 11 is 2.90. The first kappa shape index (κ1) is 20.0. The van der Waals surface area contributed by atoms with E-state index in [0.29, 0.717) is 16.6 Å². The van der Waals surface area contributed by atoms with Gasteiger partial charge in [0.2, 0.25) is 0 Å². The number of benzene rings is 1. The highest BCUT2D eigenvalue weighted by Crippen LogP contribution is 2.31. The van der Waals surface area contributed by atoms with Crippen molar-refractivity contribution in [1.82, 2.24) is 9.88 Å². The first-order valence-electron chi connectivity index (χ1n) is 9.54. The molecule has 152 valence electrons. The largest absolute Gasteiger partial charge is 0.492 e. The number of nitrogens with zero attached hydrogens (tertiary/aromatic N) is 2. The Hall–Kier alpha value is -2.26. The number of aromatic nitrogens is 1. The van der Waals surface area contributed by atoms with Gasteiger partial charge in [-0.3, -0.25) is 15.0 Å². The van der Waals surface area contributed by atoms with Crippen LogP contribution in [0.1, 0.15) is 14.5 Å². The molecule has 1 saturated heterocycles. The maximum Gasteiger partial charge on any atom is 0.267 e. The molecule has 29 heavy (non-hydrogen) atoms. The fourth-order valence-corrected chi connectivity index (χ4v) is 4.56. The molecular weight excluding hydrogens is 406 g/mol. The number of ether oxygens (including phenoxy) is 2. The second kappa shape index (κ2) is 9.49. The Kier molecular flexibility index (Phi) is 6.56. The minimum atomic E-state index is -0.121. The van der Waals surface area contributed by atoms with E-state index in [1.54, 1.807) is 6.07 Å². The molecule has 0 radical (unpaired) electrons. The van der Waals surface area contributed by atoms with E-state index in [0.717, 1.165) is 54.7 Å². The third-order valence-corrected chi connectivity index (χ3v) is 6.42. The van der Waals surface area contributed by atoms with Crippen LogP contribution in [0.5, 0.6) is 5.75 Å². The van der Waals surface area contributed by atoms with Crippen LogP contribution in [-0.2, 0) is 4.74 Å². The average Bonchev–Trinajstić information content (AvgIpc) is 3.40. The van der Waals surface area contributed by atoms with Crippen LogP contribution in [0, 0.1) is 6.92 Å². The van der Waals surface area contributed by atoms with Gasteiger partial charge < -0.3 is 9.47 Å². The van der Waals surface area contributed by atoms with Crippen LogP contribution in [0.4, 0.5) is 5.13 Å². The van der Waals surface area contributed by atoms with Crippen molar-refractivity contribution >= 4 is 33.7 Å². The van der Waals surface area contributed by atoms with Gasteiger partial charge in [0.1, 0.15) is 12.4 Å². The van der Waals surface area contributed by atoms with Crippen LogP contribution >= 0.6 is 22.7 Å². The molecular formula is C21H23N3O3S2. The van der Waals surface area contributed by atoms with Gasteiger partial charge in [-0.2, -0.15) is 0 Å². The summed E-state index contributed by atoms with van der Waals surface area (Å²) in [5.41, 5.74) is 1.90. The predicted octanol–water partition coefficient (Wildman–Crippen LogP) is 4.14. The molecule has 1 aromatic carbocycles. The molecule has 2 aromatic heterocycles. The molecule has 0 unspecified atom stereocenters. The molecule has 3 heterocycles. The van der Waals surface area contributed by atoms with E-state index in [2.05, 4.69) is 15.2 Å². The molecule has 0 saturated carbocycles. The number of rotatable bonds is 7. The zero-order valence-corrected chi connectivity index (χ0v) is 17.9. The quantitative estimate of drug-likeness (QED) is 0.611. The minimum Gasteiger partial charge on any atom is -0.492 e. The molecule has 0 bridgehead atoms. The SMILES string of the molecule is Cc1sc(NC(=O)c2cccs2)nc1-c1ccc(OCCN2CCOCC2)cc1. The molecule has 1 amide bonds. The van der Waals surface area contributed by atoms with Gasteiger partial charge in [-0.05, 0) is 42.6 Å². The summed E-state index contributed by atoms with van der Waals surface area (Å²) in [5.74, 6) is 0.727. The zero-order chi connectivity index (χ0) is 20.1. The zero-order valence-electron chi connectivity index (χ0n) is 16.2. The molecule has 4 rings (SSSR count). The summed E-state index contributed by atoms with van der Waals surface area (Å²) < 4.78 is 11.2. The number of amides is 1. The lowest BCUT2D eigenvalue weighted by Crippen LogP contribution is -2.38. The van der Waals surface area contributed by atoms with E-state index in [-0.39, 0.29) is 5.91 Å². The maximum absolute atomic E-state index is 12.2. The minimum absolute atomic E-state index is 0.121. The number of carbonyl (C=O) groups is 1. The number of morpholine rings is 1. The number of anilines is 1.